The van der Waals surface area contributed by atoms with E-state index in [1.807, 2.05) is 0 Å². The topological polar surface area (TPSA) is 87.1 Å². The van der Waals surface area contributed by atoms with Crippen LogP contribution in [0, 0.1) is 0 Å². The zero-order chi connectivity index (χ0) is 11.4. The number of nitrogens with zero attached hydrogens (tertiary/aromatic N) is 1. The molecule has 3 N–H and O–H groups in total. The average Bonchev–Trinajstić information content (AvgIpc) is 2.23. The van der Waals surface area contributed by atoms with Gasteiger partial charge in [0.1, 0.15) is 10.3 Å². The maximum absolute atomic E-state index is 11.4. The van der Waals surface area contributed by atoms with Gasteiger partial charge < -0.3 is 10.4 Å². The van der Waals surface area contributed by atoms with Crippen molar-refractivity contribution in [3.63, 3.8) is 0 Å². The van der Waals surface area contributed by atoms with E-state index in [2.05, 4.69) is 26.2 Å². The van der Waals surface area contributed by atoms with Crippen molar-refractivity contribution in [2.75, 3.05) is 18.5 Å². The summed E-state index contributed by atoms with van der Waals surface area (Å²) in [5.74, 6) is 0.344. The van der Waals surface area contributed by atoms with Gasteiger partial charge in [-0.05, 0) is 22.4 Å². The lowest BCUT2D eigenvalue weighted by molar-refractivity contribution is 0.292. The predicted molar refractivity (Wildman–Crippen MR) is 60.2 cm³/mol. The second-order valence-electron chi connectivity index (χ2n) is 2.99. The van der Waals surface area contributed by atoms with Crippen molar-refractivity contribution in [1.82, 2.24) is 9.55 Å². The Kier molecular flexibility index (Phi) is 4.10. The Bertz CT molecular complexity index is 451. The molecule has 0 saturated heterocycles. The van der Waals surface area contributed by atoms with E-state index in [4.69, 9.17) is 5.11 Å². The summed E-state index contributed by atoms with van der Waals surface area (Å²) in [6.07, 6.45) is 0.545. The van der Waals surface area contributed by atoms with Crippen molar-refractivity contribution in [2.24, 2.45) is 7.05 Å². The van der Waals surface area contributed by atoms with E-state index in [0.29, 0.717) is 18.8 Å². The summed E-state index contributed by atoms with van der Waals surface area (Å²) in [6, 6.07) is 0. The fraction of sp³-hybridized carbons (Fsp3) is 0.500. The minimum atomic E-state index is -0.477. The summed E-state index contributed by atoms with van der Waals surface area (Å²) in [4.78, 5) is 25.2. The van der Waals surface area contributed by atoms with Gasteiger partial charge in [0, 0.05) is 20.2 Å². The Labute approximate surface area is 94.1 Å². The number of anilines is 1. The van der Waals surface area contributed by atoms with Crippen LogP contribution in [0.3, 0.4) is 0 Å². The molecule has 0 bridgehead atoms. The molecule has 0 spiro atoms. The van der Waals surface area contributed by atoms with Crippen LogP contribution in [0.15, 0.2) is 14.1 Å². The molecular formula is C8H12BrN3O3. The van der Waals surface area contributed by atoms with Gasteiger partial charge in [-0.2, -0.15) is 0 Å². The lowest BCUT2D eigenvalue weighted by atomic mass is 10.4. The third kappa shape index (κ3) is 2.69. The van der Waals surface area contributed by atoms with Crippen LogP contribution in [-0.2, 0) is 7.05 Å². The number of H-pyrrole nitrogens is 1. The van der Waals surface area contributed by atoms with E-state index in [9.17, 15) is 9.59 Å². The number of hydrogen-bond acceptors (Lipinski definition) is 4. The number of hydrogen-bond donors (Lipinski definition) is 3. The van der Waals surface area contributed by atoms with E-state index in [1.54, 1.807) is 0 Å². The molecule has 0 aromatic carbocycles. The molecule has 1 aromatic rings. The molecule has 1 aromatic heterocycles. The van der Waals surface area contributed by atoms with E-state index in [1.165, 1.54) is 7.05 Å². The standard InChI is InChI=1S/C8H12BrN3O3/c1-12-7(14)5(9)6(11-8(12)15)10-3-2-4-13/h10,13H,2-4H2,1H3,(H,11,15). The maximum Gasteiger partial charge on any atom is 0.329 e. The molecule has 7 heteroatoms. The fourth-order valence-electron chi connectivity index (χ4n) is 1.01. The lowest BCUT2D eigenvalue weighted by Crippen LogP contribution is -2.34. The summed E-state index contributed by atoms with van der Waals surface area (Å²) in [6.45, 7) is 0.540. The number of aliphatic hydroxyl groups excluding tert-OH is 1. The number of aromatic amines is 1. The smallest absolute Gasteiger partial charge is 0.329 e. The average molecular weight is 278 g/mol. The van der Waals surface area contributed by atoms with Crippen molar-refractivity contribution in [2.45, 2.75) is 6.42 Å². The molecule has 1 rings (SSSR count). The summed E-state index contributed by atoms with van der Waals surface area (Å²) in [5, 5.41) is 11.4. The molecule has 0 aliphatic carbocycles. The summed E-state index contributed by atoms with van der Waals surface area (Å²) in [5.41, 5.74) is -0.875. The molecule has 0 radical (unpaired) electrons. The monoisotopic (exact) mass is 277 g/mol. The van der Waals surface area contributed by atoms with Crippen LogP contribution in [0.4, 0.5) is 5.82 Å². The highest BCUT2D eigenvalue weighted by atomic mass is 79.9. The van der Waals surface area contributed by atoms with E-state index in [0.717, 1.165) is 4.57 Å². The van der Waals surface area contributed by atoms with Crippen molar-refractivity contribution in [1.29, 1.82) is 0 Å². The first-order chi connectivity index (χ1) is 7.07. The zero-order valence-electron chi connectivity index (χ0n) is 8.21. The number of aliphatic hydroxyl groups is 1. The lowest BCUT2D eigenvalue weighted by Gasteiger charge is -2.07. The normalized spacial score (nSPS) is 10.3. The molecule has 0 fully saturated rings. The molecule has 1 heterocycles. The number of rotatable bonds is 4. The second kappa shape index (κ2) is 5.13. The van der Waals surface area contributed by atoms with Crippen LogP contribution in [0.5, 0.6) is 0 Å². The summed E-state index contributed by atoms with van der Waals surface area (Å²) < 4.78 is 1.25. The first-order valence-corrected chi connectivity index (χ1v) is 5.20. The van der Waals surface area contributed by atoms with Crippen molar-refractivity contribution < 1.29 is 5.11 Å². The summed E-state index contributed by atoms with van der Waals surface area (Å²) >= 11 is 3.09. The zero-order valence-corrected chi connectivity index (χ0v) is 9.80. The number of nitrogens with one attached hydrogen (secondary N) is 2. The van der Waals surface area contributed by atoms with Gasteiger partial charge in [-0.15, -0.1) is 0 Å². The van der Waals surface area contributed by atoms with Crippen LogP contribution in [-0.4, -0.2) is 27.8 Å². The Morgan fingerprint density at radius 2 is 2.20 bits per heavy atom. The minimum Gasteiger partial charge on any atom is -0.396 e. The van der Waals surface area contributed by atoms with Crippen molar-refractivity contribution >= 4 is 21.7 Å². The number of aromatic nitrogens is 2. The molecule has 84 valence electrons. The van der Waals surface area contributed by atoms with Crippen LogP contribution in [0.1, 0.15) is 6.42 Å². The SMILES string of the molecule is Cn1c(=O)[nH]c(NCCCO)c(Br)c1=O. The van der Waals surface area contributed by atoms with E-state index >= 15 is 0 Å². The van der Waals surface area contributed by atoms with E-state index < -0.39 is 11.2 Å². The fourth-order valence-corrected chi connectivity index (χ4v) is 1.51. The highest BCUT2D eigenvalue weighted by Crippen LogP contribution is 2.11. The van der Waals surface area contributed by atoms with Crippen molar-refractivity contribution in [3.8, 4) is 0 Å². The Morgan fingerprint density at radius 1 is 1.53 bits per heavy atom. The Balaban J connectivity index is 3.00. The molecule has 0 amide bonds. The molecule has 15 heavy (non-hydrogen) atoms. The van der Waals surface area contributed by atoms with E-state index in [-0.39, 0.29) is 11.1 Å². The van der Waals surface area contributed by atoms with Gasteiger partial charge in [0.05, 0.1) is 0 Å². The van der Waals surface area contributed by atoms with Gasteiger partial charge in [-0.25, -0.2) is 4.79 Å². The quantitative estimate of drug-likeness (QED) is 0.656. The van der Waals surface area contributed by atoms with Gasteiger partial charge in [0.2, 0.25) is 0 Å². The first-order valence-electron chi connectivity index (χ1n) is 4.41. The van der Waals surface area contributed by atoms with Gasteiger partial charge in [-0.1, -0.05) is 0 Å². The van der Waals surface area contributed by atoms with Gasteiger partial charge in [-0.3, -0.25) is 14.3 Å². The summed E-state index contributed by atoms with van der Waals surface area (Å²) in [7, 11) is 1.39. The second-order valence-corrected chi connectivity index (χ2v) is 3.78. The molecule has 0 saturated carbocycles. The third-order valence-electron chi connectivity index (χ3n) is 1.89. The minimum absolute atomic E-state index is 0.0553. The van der Waals surface area contributed by atoms with Gasteiger partial charge in [0.25, 0.3) is 5.56 Å². The van der Waals surface area contributed by atoms with Crippen molar-refractivity contribution in [3.05, 3.63) is 25.3 Å². The molecule has 0 atom stereocenters. The van der Waals surface area contributed by atoms with Crippen LogP contribution < -0.4 is 16.6 Å². The number of halogens is 1. The van der Waals surface area contributed by atoms with Crippen LogP contribution >= 0.6 is 15.9 Å². The van der Waals surface area contributed by atoms with Crippen LogP contribution in [0.2, 0.25) is 0 Å². The first kappa shape index (κ1) is 12.0. The molecular weight excluding hydrogens is 266 g/mol. The Hall–Kier alpha value is -1.08. The Morgan fingerprint density at radius 3 is 2.80 bits per heavy atom. The molecule has 0 aliphatic rings. The largest absolute Gasteiger partial charge is 0.396 e. The highest BCUT2D eigenvalue weighted by Gasteiger charge is 2.08. The predicted octanol–water partition coefficient (Wildman–Crippen LogP) is -0.370. The molecule has 6 nitrogen and oxygen atoms in total. The molecule has 0 aliphatic heterocycles. The van der Waals surface area contributed by atoms with Crippen LogP contribution in [0.25, 0.3) is 0 Å². The maximum atomic E-state index is 11.4. The highest BCUT2D eigenvalue weighted by molar-refractivity contribution is 9.10. The van der Waals surface area contributed by atoms with Gasteiger partial charge >= 0.3 is 5.69 Å². The molecule has 0 unspecified atom stereocenters. The third-order valence-corrected chi connectivity index (χ3v) is 2.62. The van der Waals surface area contributed by atoms with Gasteiger partial charge in [0.15, 0.2) is 0 Å².